The summed E-state index contributed by atoms with van der Waals surface area (Å²) in [6.45, 7) is 2.89. The zero-order chi connectivity index (χ0) is 13.7. The van der Waals surface area contributed by atoms with Gasteiger partial charge in [-0.3, -0.25) is 9.59 Å². The van der Waals surface area contributed by atoms with Crippen LogP contribution in [0.25, 0.3) is 0 Å². The van der Waals surface area contributed by atoms with Crippen LogP contribution in [0.1, 0.15) is 12.5 Å². The topological polar surface area (TPSA) is 46.6 Å². The van der Waals surface area contributed by atoms with Crippen LogP contribution in [0.5, 0.6) is 0 Å². The van der Waals surface area contributed by atoms with Gasteiger partial charge >= 0.3 is 5.97 Å². The number of thioether (sulfide) groups is 1. The lowest BCUT2D eigenvalue weighted by Crippen LogP contribution is -2.30. The molecule has 0 N–H and O–H groups in total. The van der Waals surface area contributed by atoms with E-state index < -0.39 is 0 Å². The molecule has 19 heavy (non-hydrogen) atoms. The van der Waals surface area contributed by atoms with Crippen molar-refractivity contribution in [3.63, 3.8) is 0 Å². The second kappa shape index (κ2) is 6.61. The van der Waals surface area contributed by atoms with Crippen LogP contribution in [0.4, 0.5) is 5.69 Å². The molecule has 2 rings (SSSR count). The molecule has 1 aromatic rings. The van der Waals surface area contributed by atoms with Crippen LogP contribution < -0.4 is 4.90 Å². The highest BCUT2D eigenvalue weighted by Crippen LogP contribution is 2.27. The number of amides is 1. The van der Waals surface area contributed by atoms with Crippen molar-refractivity contribution in [2.24, 2.45) is 0 Å². The number of carbonyl (C=O) groups excluding carboxylic acids is 2. The van der Waals surface area contributed by atoms with Crippen molar-refractivity contribution in [3.05, 3.63) is 29.8 Å². The fourth-order valence-electron chi connectivity index (χ4n) is 2.10. The second-order valence-corrected chi connectivity index (χ2v) is 5.21. The second-order valence-electron chi connectivity index (χ2n) is 4.22. The summed E-state index contributed by atoms with van der Waals surface area (Å²) < 4.78 is 4.82. The third kappa shape index (κ3) is 3.50. The summed E-state index contributed by atoms with van der Waals surface area (Å²) in [5.74, 6) is 0.337. The molecule has 1 aliphatic heterocycles. The first-order valence-electron chi connectivity index (χ1n) is 6.34. The minimum atomic E-state index is -0.262. The van der Waals surface area contributed by atoms with E-state index in [-0.39, 0.29) is 17.6 Å². The highest BCUT2D eigenvalue weighted by molar-refractivity contribution is 8.00. The van der Waals surface area contributed by atoms with Crippen LogP contribution in [0, 0.1) is 0 Å². The fourth-order valence-corrected chi connectivity index (χ4v) is 2.78. The molecule has 0 atom stereocenters. The van der Waals surface area contributed by atoms with Gasteiger partial charge in [0.15, 0.2) is 0 Å². The number of rotatable bonds is 5. The molecule has 4 nitrogen and oxygen atoms in total. The van der Waals surface area contributed by atoms with E-state index in [0.717, 1.165) is 18.7 Å². The van der Waals surface area contributed by atoms with Crippen LogP contribution in [0.3, 0.4) is 0 Å². The molecule has 0 saturated heterocycles. The molecule has 0 aromatic heterocycles. The average Bonchev–Trinajstić information content (AvgIpc) is 2.82. The van der Waals surface area contributed by atoms with Gasteiger partial charge in [-0.1, -0.05) is 18.2 Å². The Morgan fingerprint density at radius 3 is 2.89 bits per heavy atom. The number of carbonyl (C=O) groups is 2. The third-order valence-electron chi connectivity index (χ3n) is 2.94. The zero-order valence-corrected chi connectivity index (χ0v) is 11.7. The smallest absolute Gasteiger partial charge is 0.315 e. The molecule has 5 heteroatoms. The Hall–Kier alpha value is -1.49. The van der Waals surface area contributed by atoms with Crippen molar-refractivity contribution < 1.29 is 14.3 Å². The van der Waals surface area contributed by atoms with Crippen molar-refractivity contribution in [3.8, 4) is 0 Å². The molecule has 1 aliphatic rings. The maximum absolute atomic E-state index is 12.1. The standard InChI is InChI=1S/C14H17NO3S/c1-2-18-14(17)10-19-9-13(16)15-8-7-11-5-3-4-6-12(11)15/h3-6H,2,7-10H2,1H3. The summed E-state index contributed by atoms with van der Waals surface area (Å²) in [5, 5.41) is 0. The molecular formula is C14H17NO3S. The summed E-state index contributed by atoms with van der Waals surface area (Å²) in [6, 6.07) is 7.95. The fraction of sp³-hybridized carbons (Fsp3) is 0.429. The Bertz CT molecular complexity index is 476. The van der Waals surface area contributed by atoms with Crippen LogP contribution in [-0.4, -0.2) is 36.5 Å². The van der Waals surface area contributed by atoms with E-state index in [1.807, 2.05) is 24.3 Å². The van der Waals surface area contributed by atoms with Crippen molar-refractivity contribution in [1.29, 1.82) is 0 Å². The van der Waals surface area contributed by atoms with Gasteiger partial charge in [0.1, 0.15) is 0 Å². The monoisotopic (exact) mass is 279 g/mol. The van der Waals surface area contributed by atoms with Gasteiger partial charge in [-0.25, -0.2) is 0 Å². The van der Waals surface area contributed by atoms with Gasteiger partial charge in [0.25, 0.3) is 0 Å². The molecule has 0 saturated carbocycles. The first-order chi connectivity index (χ1) is 9.22. The number of hydrogen-bond donors (Lipinski definition) is 0. The summed E-state index contributed by atoms with van der Waals surface area (Å²) in [4.78, 5) is 25.1. The Morgan fingerprint density at radius 1 is 1.32 bits per heavy atom. The van der Waals surface area contributed by atoms with E-state index in [1.165, 1.54) is 17.3 Å². The van der Waals surface area contributed by atoms with Crippen molar-refractivity contribution >= 4 is 29.3 Å². The van der Waals surface area contributed by atoms with Gasteiger partial charge < -0.3 is 9.64 Å². The number of hydrogen-bond acceptors (Lipinski definition) is 4. The van der Waals surface area contributed by atoms with Gasteiger partial charge in [0, 0.05) is 12.2 Å². The summed E-state index contributed by atoms with van der Waals surface area (Å²) in [5.41, 5.74) is 2.22. The van der Waals surface area contributed by atoms with E-state index in [1.54, 1.807) is 11.8 Å². The average molecular weight is 279 g/mol. The maximum Gasteiger partial charge on any atom is 0.315 e. The number of para-hydroxylation sites is 1. The number of nitrogens with zero attached hydrogens (tertiary/aromatic N) is 1. The Morgan fingerprint density at radius 2 is 2.11 bits per heavy atom. The van der Waals surface area contributed by atoms with Gasteiger partial charge in [-0.15, -0.1) is 11.8 Å². The quantitative estimate of drug-likeness (QED) is 0.772. The van der Waals surface area contributed by atoms with E-state index in [0.29, 0.717) is 12.4 Å². The normalized spacial score (nSPS) is 13.2. The van der Waals surface area contributed by atoms with Crippen LogP contribution in [0.2, 0.25) is 0 Å². The molecular weight excluding hydrogens is 262 g/mol. The van der Waals surface area contributed by atoms with E-state index >= 15 is 0 Å². The predicted octanol–water partition coefficient (Wildman–Crippen LogP) is 1.87. The molecule has 102 valence electrons. The Kier molecular flexibility index (Phi) is 4.85. The van der Waals surface area contributed by atoms with Gasteiger partial charge in [-0.05, 0) is 25.0 Å². The number of ether oxygens (including phenoxy) is 1. The molecule has 1 amide bonds. The minimum Gasteiger partial charge on any atom is -0.465 e. The van der Waals surface area contributed by atoms with Gasteiger partial charge in [0.2, 0.25) is 5.91 Å². The Balaban J connectivity index is 1.83. The van der Waals surface area contributed by atoms with Crippen molar-refractivity contribution in [2.75, 3.05) is 29.6 Å². The lowest BCUT2D eigenvalue weighted by molar-refractivity contribution is -0.139. The molecule has 0 aliphatic carbocycles. The zero-order valence-electron chi connectivity index (χ0n) is 10.9. The summed E-state index contributed by atoms with van der Waals surface area (Å²) in [7, 11) is 0. The number of fused-ring (bicyclic) bond motifs is 1. The van der Waals surface area contributed by atoms with Gasteiger partial charge in [0.05, 0.1) is 18.1 Å². The van der Waals surface area contributed by atoms with Crippen molar-refractivity contribution in [1.82, 2.24) is 0 Å². The number of esters is 1. The predicted molar refractivity (Wildman–Crippen MR) is 76.5 cm³/mol. The van der Waals surface area contributed by atoms with Gasteiger partial charge in [-0.2, -0.15) is 0 Å². The SMILES string of the molecule is CCOC(=O)CSCC(=O)N1CCc2ccccc21. The molecule has 0 spiro atoms. The van der Waals surface area contributed by atoms with Crippen molar-refractivity contribution in [2.45, 2.75) is 13.3 Å². The maximum atomic E-state index is 12.1. The minimum absolute atomic E-state index is 0.0549. The third-order valence-corrected chi connectivity index (χ3v) is 3.83. The number of benzene rings is 1. The van der Waals surface area contributed by atoms with E-state index in [9.17, 15) is 9.59 Å². The van der Waals surface area contributed by atoms with Crippen LogP contribution in [0.15, 0.2) is 24.3 Å². The van der Waals surface area contributed by atoms with E-state index in [2.05, 4.69) is 0 Å². The lowest BCUT2D eigenvalue weighted by Gasteiger charge is -2.16. The highest BCUT2D eigenvalue weighted by atomic mass is 32.2. The summed E-state index contributed by atoms with van der Waals surface area (Å²) >= 11 is 1.31. The van der Waals surface area contributed by atoms with Crippen LogP contribution in [-0.2, 0) is 20.7 Å². The highest BCUT2D eigenvalue weighted by Gasteiger charge is 2.23. The van der Waals surface area contributed by atoms with E-state index in [4.69, 9.17) is 4.74 Å². The molecule has 0 unspecified atom stereocenters. The molecule has 0 fully saturated rings. The molecule has 0 radical (unpaired) electrons. The molecule has 1 heterocycles. The molecule has 1 aromatic carbocycles. The first kappa shape index (κ1) is 13.9. The largest absolute Gasteiger partial charge is 0.465 e. The van der Waals surface area contributed by atoms with Crippen LogP contribution >= 0.6 is 11.8 Å². The molecule has 0 bridgehead atoms. The first-order valence-corrected chi connectivity index (χ1v) is 7.49. The summed E-state index contributed by atoms with van der Waals surface area (Å²) in [6.07, 6.45) is 0.907. The number of anilines is 1. The Labute approximate surface area is 117 Å². The lowest BCUT2D eigenvalue weighted by atomic mass is 10.2.